The molecule has 0 spiro atoms. The van der Waals surface area contributed by atoms with E-state index < -0.39 is 12.0 Å². The molecular weight excluding hydrogens is 497 g/mol. The van der Waals surface area contributed by atoms with E-state index in [0.717, 1.165) is 5.56 Å². The number of H-pyrrole nitrogens is 1. The predicted molar refractivity (Wildman–Crippen MR) is 122 cm³/mol. The summed E-state index contributed by atoms with van der Waals surface area (Å²) in [5, 5.41) is 2.32. The first-order valence-electron chi connectivity index (χ1n) is 12.0. The number of fused-ring (bicyclic) bond motifs is 2. The second-order valence-corrected chi connectivity index (χ2v) is 9.70. The quantitative estimate of drug-likeness (QED) is 0.642. The summed E-state index contributed by atoms with van der Waals surface area (Å²) < 4.78 is 51.9. The van der Waals surface area contributed by atoms with Crippen LogP contribution in [0.1, 0.15) is 23.3 Å². The number of hydrogen-bond donors (Lipinski definition) is 1. The van der Waals surface area contributed by atoms with Crippen LogP contribution in [0.25, 0.3) is 0 Å². The number of alkyl halides is 3. The second-order valence-electron chi connectivity index (χ2n) is 9.70. The van der Waals surface area contributed by atoms with Gasteiger partial charge in [0.1, 0.15) is 11.4 Å². The van der Waals surface area contributed by atoms with E-state index in [0.29, 0.717) is 56.9 Å². The number of methoxy groups -OCH3 is 1. The average molecular weight is 524 g/mol. The molecule has 200 valence electrons. The molecule has 1 aromatic carbocycles. The Labute approximate surface area is 209 Å². The molecule has 0 radical (unpaired) electrons. The van der Waals surface area contributed by atoms with Crippen molar-refractivity contribution in [3.05, 3.63) is 51.5 Å². The summed E-state index contributed by atoms with van der Waals surface area (Å²) in [6, 6.07) is 5.32. The topological polar surface area (TPSA) is 108 Å². The largest absolute Gasteiger partial charge is 0.573 e. The lowest BCUT2D eigenvalue weighted by atomic mass is 9.95. The van der Waals surface area contributed by atoms with Gasteiger partial charge in [0.2, 0.25) is 5.91 Å². The lowest BCUT2D eigenvalue weighted by Crippen LogP contribution is -2.48. The highest BCUT2D eigenvalue weighted by Crippen LogP contribution is 2.38. The van der Waals surface area contributed by atoms with Crippen LogP contribution < -0.4 is 10.3 Å². The van der Waals surface area contributed by atoms with Gasteiger partial charge in [-0.2, -0.15) is 5.16 Å². The number of aryl methyl sites for hydroxylation is 1. The summed E-state index contributed by atoms with van der Waals surface area (Å²) in [7, 11) is 1.58. The van der Waals surface area contributed by atoms with E-state index in [-0.39, 0.29) is 42.1 Å². The van der Waals surface area contributed by atoms with Gasteiger partial charge in [-0.1, -0.05) is 12.1 Å². The first-order chi connectivity index (χ1) is 17.6. The third-order valence-corrected chi connectivity index (χ3v) is 7.47. The Morgan fingerprint density at radius 3 is 2.51 bits per heavy atom. The summed E-state index contributed by atoms with van der Waals surface area (Å²) >= 11 is 0. The van der Waals surface area contributed by atoms with Gasteiger partial charge in [-0.15, -0.1) is 13.2 Å². The number of aromatic nitrogens is 1. The monoisotopic (exact) mass is 524 g/mol. The Balaban J connectivity index is 1.15. The van der Waals surface area contributed by atoms with Gasteiger partial charge in [-0.25, -0.2) is 4.79 Å². The number of hydrogen-bond acceptors (Lipinski definition) is 6. The lowest BCUT2D eigenvalue weighted by molar-refractivity contribution is -0.274. The zero-order chi connectivity index (χ0) is 26.4. The van der Waals surface area contributed by atoms with Crippen LogP contribution in [0, 0.1) is 5.92 Å². The molecule has 2 atom stereocenters. The first-order valence-corrected chi connectivity index (χ1v) is 12.0. The van der Waals surface area contributed by atoms with Crippen LogP contribution in [0.15, 0.2) is 33.6 Å². The van der Waals surface area contributed by atoms with Gasteiger partial charge in [0.05, 0.1) is 25.2 Å². The minimum absolute atomic E-state index is 0.0465. The van der Waals surface area contributed by atoms with Gasteiger partial charge in [0.15, 0.2) is 5.76 Å². The van der Waals surface area contributed by atoms with E-state index in [4.69, 9.17) is 9.26 Å². The molecule has 4 heterocycles. The number of halogens is 3. The number of carbonyl (C=O) groups is 2. The second kappa shape index (κ2) is 9.43. The summed E-state index contributed by atoms with van der Waals surface area (Å²) in [4.78, 5) is 43.0. The summed E-state index contributed by atoms with van der Waals surface area (Å²) in [6.45, 7) is 2.23. The minimum atomic E-state index is -4.75. The van der Waals surface area contributed by atoms with E-state index in [1.165, 1.54) is 24.3 Å². The first kappa shape index (κ1) is 25.2. The molecule has 10 nitrogen and oxygen atoms in total. The van der Waals surface area contributed by atoms with Gasteiger partial charge in [-0.3, -0.25) is 9.59 Å². The normalized spacial score (nSPS) is 23.2. The molecular formula is C24H27F3N4O6. The van der Waals surface area contributed by atoms with Crippen molar-refractivity contribution in [1.29, 1.82) is 0 Å². The van der Waals surface area contributed by atoms with Crippen LogP contribution in [-0.4, -0.2) is 83.6 Å². The van der Waals surface area contributed by atoms with E-state index in [1.807, 2.05) is 0 Å². The third-order valence-electron chi connectivity index (χ3n) is 7.47. The fourth-order valence-corrected chi connectivity index (χ4v) is 5.51. The summed E-state index contributed by atoms with van der Waals surface area (Å²) in [6.07, 6.45) is -3.74. The van der Waals surface area contributed by atoms with Crippen LogP contribution in [0.2, 0.25) is 0 Å². The van der Waals surface area contributed by atoms with Gasteiger partial charge in [0, 0.05) is 39.1 Å². The number of nitrogens with zero attached hydrogens (tertiary/aromatic N) is 3. The standard InChI is InChI=1S/C24H27F3N4O6/c1-35-23-13-30(20(32)7-4-15-2-5-17(6-3-15)36-24(25,26)27)10-16(23)11-31(14-23)22(34)29-9-8-18-19(12-29)37-28-21(18)33/h2-3,5-6,16H,4,7-14H2,1H3,(H,28,33)/t16-,23+/m0/s1. The molecule has 3 amide bonds. The van der Waals surface area contributed by atoms with Crippen molar-refractivity contribution in [2.75, 3.05) is 39.8 Å². The van der Waals surface area contributed by atoms with Crippen molar-refractivity contribution >= 4 is 11.9 Å². The Morgan fingerprint density at radius 1 is 1.14 bits per heavy atom. The maximum absolute atomic E-state index is 13.2. The average Bonchev–Trinajstić information content (AvgIpc) is 3.52. The Bertz CT molecular complexity index is 1230. The molecule has 0 aliphatic carbocycles. The van der Waals surface area contributed by atoms with Gasteiger partial charge in [-0.05, 0) is 30.5 Å². The van der Waals surface area contributed by atoms with Crippen molar-refractivity contribution in [3.8, 4) is 5.75 Å². The van der Waals surface area contributed by atoms with Crippen molar-refractivity contribution in [2.45, 2.75) is 37.8 Å². The summed E-state index contributed by atoms with van der Waals surface area (Å²) in [5.74, 6) is 0.0450. The fraction of sp³-hybridized carbons (Fsp3) is 0.542. The molecule has 3 aliphatic rings. The molecule has 37 heavy (non-hydrogen) atoms. The maximum Gasteiger partial charge on any atom is 0.573 e. The van der Waals surface area contributed by atoms with Crippen LogP contribution in [-0.2, 0) is 28.9 Å². The highest BCUT2D eigenvalue weighted by atomic mass is 19.4. The molecule has 2 aromatic rings. The zero-order valence-electron chi connectivity index (χ0n) is 20.2. The highest BCUT2D eigenvalue weighted by molar-refractivity contribution is 5.78. The Morgan fingerprint density at radius 2 is 1.84 bits per heavy atom. The number of nitrogens with one attached hydrogen (secondary N) is 1. The van der Waals surface area contributed by atoms with Crippen molar-refractivity contribution in [1.82, 2.24) is 19.9 Å². The maximum atomic E-state index is 13.2. The van der Waals surface area contributed by atoms with Crippen molar-refractivity contribution in [3.63, 3.8) is 0 Å². The highest BCUT2D eigenvalue weighted by Gasteiger charge is 2.55. The van der Waals surface area contributed by atoms with E-state index in [1.54, 1.807) is 21.8 Å². The number of carbonyl (C=O) groups excluding carboxylic acids is 2. The SMILES string of the molecule is CO[C@@]12CN(C(=O)CCc3ccc(OC(F)(F)F)cc3)C[C@H]1CN(C(=O)N1CCc3c(o[nH]c3=O)C1)C2. The van der Waals surface area contributed by atoms with Crippen molar-refractivity contribution in [2.24, 2.45) is 5.92 Å². The number of urea groups is 1. The molecule has 2 fully saturated rings. The van der Waals surface area contributed by atoms with E-state index >= 15 is 0 Å². The van der Waals surface area contributed by atoms with Gasteiger partial charge in [0.25, 0.3) is 5.56 Å². The third kappa shape index (κ3) is 5.04. The predicted octanol–water partition coefficient (Wildman–Crippen LogP) is 2.14. The van der Waals surface area contributed by atoms with Gasteiger partial charge >= 0.3 is 12.4 Å². The molecule has 3 aliphatic heterocycles. The Hall–Kier alpha value is -3.48. The molecule has 0 unspecified atom stereocenters. The molecule has 0 saturated carbocycles. The molecule has 1 aromatic heterocycles. The number of benzene rings is 1. The zero-order valence-corrected chi connectivity index (χ0v) is 20.2. The number of amides is 3. The number of ether oxygens (including phenoxy) is 2. The Kier molecular flexibility index (Phi) is 6.42. The molecule has 2 saturated heterocycles. The van der Waals surface area contributed by atoms with Crippen LogP contribution >= 0.6 is 0 Å². The molecule has 1 N–H and O–H groups in total. The van der Waals surface area contributed by atoms with Gasteiger partial charge < -0.3 is 28.7 Å². The van der Waals surface area contributed by atoms with E-state index in [2.05, 4.69) is 9.89 Å². The van der Waals surface area contributed by atoms with Crippen LogP contribution in [0.4, 0.5) is 18.0 Å². The fourth-order valence-electron chi connectivity index (χ4n) is 5.51. The summed E-state index contributed by atoms with van der Waals surface area (Å²) in [5.41, 5.74) is 0.385. The smallest absolute Gasteiger partial charge is 0.406 e. The van der Waals surface area contributed by atoms with Crippen LogP contribution in [0.5, 0.6) is 5.75 Å². The number of rotatable bonds is 5. The minimum Gasteiger partial charge on any atom is -0.406 e. The lowest BCUT2D eigenvalue weighted by Gasteiger charge is -2.32. The van der Waals surface area contributed by atoms with Crippen molar-refractivity contribution < 1.29 is 36.8 Å². The molecule has 13 heteroatoms. The number of aromatic amines is 1. The molecule has 0 bridgehead atoms. The molecule has 5 rings (SSSR count). The number of likely N-dealkylation sites (tertiary alicyclic amines) is 2. The van der Waals surface area contributed by atoms with Crippen LogP contribution in [0.3, 0.4) is 0 Å². The van der Waals surface area contributed by atoms with E-state index in [9.17, 15) is 27.6 Å².